The second-order valence-corrected chi connectivity index (χ2v) is 20.2. The number of thiophene rings is 1. The maximum absolute atomic E-state index is 4.80. The summed E-state index contributed by atoms with van der Waals surface area (Å²) in [5, 5.41) is 17.1. The molecule has 0 saturated heterocycles. The first-order chi connectivity index (χ1) is 33.8. The quantitative estimate of drug-likeness (QED) is 0.142. The van der Waals surface area contributed by atoms with Crippen LogP contribution in [0, 0.1) is 19.9 Å². The van der Waals surface area contributed by atoms with E-state index in [-0.39, 0.29) is 25.5 Å². The van der Waals surface area contributed by atoms with E-state index in [0.717, 1.165) is 46.3 Å². The van der Waals surface area contributed by atoms with Crippen LogP contribution in [0.5, 0.6) is 0 Å². The van der Waals surface area contributed by atoms with Crippen molar-refractivity contribution in [3.63, 3.8) is 0 Å². The predicted molar refractivity (Wildman–Crippen MR) is 291 cm³/mol. The molecular formula is C63H48IrN5S-. The first-order valence-corrected chi connectivity index (χ1v) is 24.7. The minimum Gasteiger partial charge on any atom is -0.319 e. The van der Waals surface area contributed by atoms with Gasteiger partial charge in [-0.1, -0.05) is 118 Å². The van der Waals surface area contributed by atoms with E-state index >= 15 is 0 Å². The zero-order chi connectivity index (χ0) is 46.5. The van der Waals surface area contributed by atoms with Gasteiger partial charge in [0.1, 0.15) is 5.82 Å². The van der Waals surface area contributed by atoms with E-state index in [1.54, 1.807) is 0 Å². The first-order valence-electron chi connectivity index (χ1n) is 23.9. The van der Waals surface area contributed by atoms with Crippen LogP contribution in [-0.2, 0) is 25.5 Å². The number of rotatable bonds is 8. The molecule has 0 N–H and O–H groups in total. The van der Waals surface area contributed by atoms with Crippen LogP contribution in [0.15, 0.2) is 188 Å². The molecule has 1 radical (unpaired) electrons. The van der Waals surface area contributed by atoms with Gasteiger partial charge in [-0.05, 0) is 115 Å². The molecule has 0 spiro atoms. The Morgan fingerprint density at radius 1 is 0.500 bits per heavy atom. The number of hydrogen-bond acceptors (Lipinski definition) is 3. The average molecular weight is 1100 g/mol. The van der Waals surface area contributed by atoms with Crippen molar-refractivity contribution in [3.05, 3.63) is 211 Å². The Kier molecular flexibility index (Phi) is 10.6. The molecular weight excluding hydrogens is 1050 g/mol. The SMILES string of the molecule is CCC(C)(C)c1nnc(-c2[c-]cccc2)n1-c1ccc(-c2ccc(-c3cc(-n4c5ccccc5c5ccccc54)cc4c3sc3ccc(-n5c6ccccc6c6ccccc65)cc34)c(C)c2)cc1C.[Ir]. The molecule has 0 bridgehead atoms. The van der Waals surface area contributed by atoms with Crippen molar-refractivity contribution in [1.29, 1.82) is 0 Å². The molecule has 7 heteroatoms. The Balaban J connectivity index is 0.00000505. The molecule has 0 fully saturated rings. The zero-order valence-electron chi connectivity index (χ0n) is 39.6. The average Bonchev–Trinajstić information content (AvgIpc) is 4.16. The number of aryl methyl sites for hydroxylation is 2. The van der Waals surface area contributed by atoms with E-state index in [2.05, 4.69) is 224 Å². The predicted octanol–water partition coefficient (Wildman–Crippen LogP) is 16.9. The van der Waals surface area contributed by atoms with Gasteiger partial charge in [0.25, 0.3) is 0 Å². The summed E-state index contributed by atoms with van der Waals surface area (Å²) in [5.74, 6) is 1.76. The van der Waals surface area contributed by atoms with Gasteiger partial charge in [-0.2, -0.15) is 5.10 Å². The van der Waals surface area contributed by atoms with E-state index in [1.807, 2.05) is 29.5 Å². The van der Waals surface area contributed by atoms with Gasteiger partial charge in [-0.3, -0.25) is 0 Å². The molecule has 9 aromatic carbocycles. The normalized spacial score (nSPS) is 12.0. The van der Waals surface area contributed by atoms with Crippen molar-refractivity contribution in [1.82, 2.24) is 23.9 Å². The molecule has 13 rings (SSSR count). The van der Waals surface area contributed by atoms with Crippen molar-refractivity contribution >= 4 is 75.1 Å². The molecule has 0 unspecified atom stereocenters. The fourth-order valence-corrected chi connectivity index (χ4v) is 12.0. The van der Waals surface area contributed by atoms with Gasteiger partial charge in [0.15, 0.2) is 0 Å². The Bertz CT molecular complexity index is 4080. The number of hydrogen-bond donors (Lipinski definition) is 0. The summed E-state index contributed by atoms with van der Waals surface area (Å²) in [6.07, 6.45) is 0.936. The van der Waals surface area contributed by atoms with Crippen molar-refractivity contribution < 1.29 is 20.1 Å². The van der Waals surface area contributed by atoms with Gasteiger partial charge in [-0.15, -0.1) is 52.3 Å². The van der Waals surface area contributed by atoms with Crippen molar-refractivity contribution in [2.45, 2.75) is 46.5 Å². The Morgan fingerprint density at radius 2 is 1.06 bits per heavy atom. The molecule has 4 aromatic heterocycles. The smallest absolute Gasteiger partial charge is 0.134 e. The summed E-state index contributed by atoms with van der Waals surface area (Å²) in [6, 6.07) is 72.3. The molecule has 4 heterocycles. The molecule has 0 aliphatic rings. The molecule has 0 atom stereocenters. The minimum absolute atomic E-state index is 0. The van der Waals surface area contributed by atoms with Crippen LogP contribution in [0.3, 0.4) is 0 Å². The van der Waals surface area contributed by atoms with E-state index in [1.165, 1.54) is 91.6 Å². The van der Waals surface area contributed by atoms with Crippen LogP contribution in [-0.4, -0.2) is 23.9 Å². The molecule has 0 saturated carbocycles. The molecule has 5 nitrogen and oxygen atoms in total. The fraction of sp³-hybridized carbons (Fsp3) is 0.111. The fourth-order valence-electron chi connectivity index (χ4n) is 10.8. The monoisotopic (exact) mass is 1100 g/mol. The standard InChI is InChI=1S/C63H48N5S.Ir/c1-6-63(4,5)62-65-64-61(41-18-8-7-9-19-41)68(62)54-32-29-43(35-40(54)3)42-28-31-46(39(2)34-42)52-37-45(67-57-26-16-12-22-49(57)50-23-13-17-27-58(50)67)38-53-51-36-44(30-33-59(51)69-60(52)53)66-55-24-14-10-20-47(55)48-21-11-15-25-56(48)66;/h7-18,20-38H,6H2,1-5H3;/q-1;. The Hall–Kier alpha value is -7.41. The molecule has 70 heavy (non-hydrogen) atoms. The van der Waals surface area contributed by atoms with Gasteiger partial charge in [0, 0.05) is 89.9 Å². The second kappa shape index (κ2) is 16.9. The Morgan fingerprint density at radius 3 is 1.63 bits per heavy atom. The number of para-hydroxylation sites is 4. The maximum Gasteiger partial charge on any atom is 0.134 e. The van der Waals surface area contributed by atoms with Crippen LogP contribution in [0.2, 0.25) is 0 Å². The van der Waals surface area contributed by atoms with E-state index < -0.39 is 0 Å². The van der Waals surface area contributed by atoms with Crippen molar-refractivity contribution in [2.75, 3.05) is 0 Å². The maximum atomic E-state index is 4.80. The molecule has 13 aromatic rings. The summed E-state index contributed by atoms with van der Waals surface area (Å²) in [5.41, 5.74) is 16.2. The van der Waals surface area contributed by atoms with Crippen LogP contribution in [0.25, 0.3) is 114 Å². The van der Waals surface area contributed by atoms with Crippen molar-refractivity contribution in [2.24, 2.45) is 0 Å². The van der Waals surface area contributed by atoms with E-state index in [0.29, 0.717) is 0 Å². The van der Waals surface area contributed by atoms with Crippen molar-refractivity contribution in [3.8, 4) is 50.7 Å². The number of fused-ring (bicyclic) bond motifs is 9. The number of aromatic nitrogens is 5. The summed E-state index contributed by atoms with van der Waals surface area (Å²) in [6.45, 7) is 11.2. The van der Waals surface area contributed by atoms with Gasteiger partial charge in [-0.25, -0.2) is 0 Å². The van der Waals surface area contributed by atoms with E-state index in [4.69, 9.17) is 10.2 Å². The van der Waals surface area contributed by atoms with Gasteiger partial charge in [0.05, 0.1) is 27.9 Å². The van der Waals surface area contributed by atoms with E-state index in [9.17, 15) is 0 Å². The molecule has 0 aliphatic carbocycles. The molecule has 0 aliphatic heterocycles. The molecule has 341 valence electrons. The topological polar surface area (TPSA) is 40.6 Å². The first kappa shape index (κ1) is 43.8. The van der Waals surface area contributed by atoms with Crippen LogP contribution in [0.1, 0.15) is 44.1 Å². The summed E-state index contributed by atoms with van der Waals surface area (Å²) < 4.78 is 9.70. The summed E-state index contributed by atoms with van der Waals surface area (Å²) >= 11 is 1.89. The van der Waals surface area contributed by atoms with Crippen LogP contribution < -0.4 is 0 Å². The van der Waals surface area contributed by atoms with Gasteiger partial charge in [0.2, 0.25) is 0 Å². The zero-order valence-corrected chi connectivity index (χ0v) is 42.8. The largest absolute Gasteiger partial charge is 0.319 e. The third kappa shape index (κ3) is 6.82. The van der Waals surface area contributed by atoms with Crippen LogP contribution in [0.4, 0.5) is 0 Å². The van der Waals surface area contributed by atoms with Gasteiger partial charge >= 0.3 is 0 Å². The third-order valence-electron chi connectivity index (χ3n) is 14.6. The molecule has 0 amide bonds. The minimum atomic E-state index is -0.175. The number of benzene rings is 9. The third-order valence-corrected chi connectivity index (χ3v) is 15.8. The summed E-state index contributed by atoms with van der Waals surface area (Å²) in [7, 11) is 0. The van der Waals surface area contributed by atoms with Gasteiger partial charge < -0.3 is 13.7 Å². The summed E-state index contributed by atoms with van der Waals surface area (Å²) in [4.78, 5) is 0. The Labute approximate surface area is 424 Å². The number of nitrogens with zero attached hydrogens (tertiary/aromatic N) is 5. The second-order valence-electron chi connectivity index (χ2n) is 19.1. The van der Waals surface area contributed by atoms with Crippen LogP contribution >= 0.6 is 11.3 Å².